The van der Waals surface area contributed by atoms with E-state index in [1.165, 1.54) is 5.56 Å². The minimum Gasteiger partial charge on any atom is -0.296 e. The summed E-state index contributed by atoms with van der Waals surface area (Å²) in [4.78, 5) is 2.36. The number of hydrogen-bond acceptors (Lipinski definition) is 1. The second-order valence-electron chi connectivity index (χ2n) is 4.29. The maximum atomic E-state index is 3.54. The molecule has 0 N–H and O–H groups in total. The normalized spacial score (nSPS) is 12.1. The number of halogens is 1. The minimum absolute atomic E-state index is 0.204. The lowest BCUT2D eigenvalue weighted by atomic mass is 10.1. The van der Waals surface area contributed by atoms with Gasteiger partial charge in [-0.25, -0.2) is 0 Å². The lowest BCUT2D eigenvalue weighted by molar-refractivity contribution is 0.173. The molecule has 1 aromatic carbocycles. The molecule has 0 fully saturated rings. The first-order valence-electron chi connectivity index (χ1n) is 4.87. The van der Waals surface area contributed by atoms with Gasteiger partial charge in [-0.15, -0.1) is 0 Å². The van der Waals surface area contributed by atoms with Crippen molar-refractivity contribution >= 4 is 15.9 Å². The van der Waals surface area contributed by atoms with E-state index in [4.69, 9.17) is 0 Å². The van der Waals surface area contributed by atoms with Crippen LogP contribution in [0.4, 0.5) is 0 Å². The van der Waals surface area contributed by atoms with Gasteiger partial charge in [0, 0.05) is 17.4 Å². The van der Waals surface area contributed by atoms with E-state index < -0.39 is 0 Å². The Kier molecular flexibility index (Phi) is 4.14. The van der Waals surface area contributed by atoms with Crippen molar-refractivity contribution in [3.8, 4) is 0 Å². The molecule has 1 nitrogen and oxygen atoms in total. The molecule has 0 radical (unpaired) electrons. The number of rotatable bonds is 4. The smallest absolute Gasteiger partial charge is 0.0250 e. The zero-order valence-electron chi connectivity index (χ0n) is 9.13. The van der Waals surface area contributed by atoms with Crippen LogP contribution in [0.2, 0.25) is 0 Å². The lowest BCUT2D eigenvalue weighted by Gasteiger charge is -2.34. The van der Waals surface area contributed by atoms with Crippen molar-refractivity contribution in [1.29, 1.82) is 0 Å². The molecule has 0 aliphatic heterocycles. The molecule has 0 amide bonds. The molecule has 0 saturated carbocycles. The second kappa shape index (κ2) is 4.94. The Labute approximate surface area is 95.2 Å². The van der Waals surface area contributed by atoms with E-state index >= 15 is 0 Å². The Bertz CT molecular complexity index is 269. The highest BCUT2D eigenvalue weighted by atomic mass is 79.9. The lowest BCUT2D eigenvalue weighted by Crippen LogP contribution is -2.41. The van der Waals surface area contributed by atoms with Crippen LogP contribution >= 0.6 is 15.9 Å². The minimum atomic E-state index is 0.204. The molecule has 0 spiro atoms. The molecule has 0 aliphatic rings. The van der Waals surface area contributed by atoms with Gasteiger partial charge in [0.1, 0.15) is 0 Å². The van der Waals surface area contributed by atoms with Crippen molar-refractivity contribution in [2.75, 3.05) is 12.4 Å². The van der Waals surface area contributed by atoms with Crippen LogP contribution in [0.3, 0.4) is 0 Å². The van der Waals surface area contributed by atoms with Gasteiger partial charge in [0.15, 0.2) is 0 Å². The number of benzene rings is 1. The molecule has 0 saturated heterocycles. The summed E-state index contributed by atoms with van der Waals surface area (Å²) in [5, 5.41) is 0.989. The van der Waals surface area contributed by atoms with Gasteiger partial charge in [-0.3, -0.25) is 4.90 Å². The molecule has 0 unspecified atom stereocenters. The van der Waals surface area contributed by atoms with Crippen LogP contribution in [0.15, 0.2) is 30.3 Å². The van der Waals surface area contributed by atoms with Crippen LogP contribution in [0, 0.1) is 0 Å². The standard InChI is InChI=1S/C12H18BrN/c1-12(2,10-13)14(3)9-11-7-5-4-6-8-11/h4-8H,9-10H2,1-3H3. The van der Waals surface area contributed by atoms with Gasteiger partial charge in [0.25, 0.3) is 0 Å². The fourth-order valence-electron chi connectivity index (χ4n) is 1.17. The first-order chi connectivity index (χ1) is 6.56. The Hall–Kier alpha value is -0.340. The summed E-state index contributed by atoms with van der Waals surface area (Å²) < 4.78 is 0. The van der Waals surface area contributed by atoms with Crippen LogP contribution in [0.1, 0.15) is 19.4 Å². The quantitative estimate of drug-likeness (QED) is 0.747. The van der Waals surface area contributed by atoms with Crippen LogP contribution in [0.25, 0.3) is 0 Å². The predicted molar refractivity (Wildman–Crippen MR) is 65.8 cm³/mol. The van der Waals surface area contributed by atoms with Crippen molar-refractivity contribution in [2.24, 2.45) is 0 Å². The predicted octanol–water partition coefficient (Wildman–Crippen LogP) is 3.29. The van der Waals surface area contributed by atoms with E-state index in [1.54, 1.807) is 0 Å². The van der Waals surface area contributed by atoms with Crippen LogP contribution < -0.4 is 0 Å². The van der Waals surface area contributed by atoms with E-state index in [2.05, 4.69) is 72.1 Å². The molecule has 2 heteroatoms. The second-order valence-corrected chi connectivity index (χ2v) is 4.85. The number of nitrogens with zero attached hydrogens (tertiary/aromatic N) is 1. The average Bonchev–Trinajstić information content (AvgIpc) is 2.19. The summed E-state index contributed by atoms with van der Waals surface area (Å²) in [7, 11) is 2.16. The molecule has 0 heterocycles. The zero-order chi connectivity index (χ0) is 10.6. The summed E-state index contributed by atoms with van der Waals surface area (Å²) >= 11 is 3.54. The summed E-state index contributed by atoms with van der Waals surface area (Å²) in [6.45, 7) is 5.48. The highest BCUT2D eigenvalue weighted by Crippen LogP contribution is 2.17. The summed E-state index contributed by atoms with van der Waals surface area (Å²) in [5.74, 6) is 0. The van der Waals surface area contributed by atoms with Gasteiger partial charge < -0.3 is 0 Å². The first kappa shape index (κ1) is 11.7. The van der Waals surface area contributed by atoms with Gasteiger partial charge >= 0.3 is 0 Å². The van der Waals surface area contributed by atoms with Gasteiger partial charge in [0.2, 0.25) is 0 Å². The van der Waals surface area contributed by atoms with Crippen molar-refractivity contribution in [2.45, 2.75) is 25.9 Å². The molecule has 0 aromatic heterocycles. The summed E-state index contributed by atoms with van der Waals surface area (Å²) in [6.07, 6.45) is 0. The molecule has 1 rings (SSSR count). The SMILES string of the molecule is CN(Cc1ccccc1)C(C)(C)CBr. The fourth-order valence-corrected chi connectivity index (χ4v) is 1.60. The number of hydrogen-bond donors (Lipinski definition) is 0. The molecule has 1 aromatic rings. The van der Waals surface area contributed by atoms with Crippen LogP contribution in [-0.2, 0) is 6.54 Å². The highest BCUT2D eigenvalue weighted by Gasteiger charge is 2.21. The monoisotopic (exact) mass is 255 g/mol. The van der Waals surface area contributed by atoms with E-state index in [0.29, 0.717) is 0 Å². The third kappa shape index (κ3) is 3.10. The molecule has 78 valence electrons. The molecular formula is C12H18BrN. The Morgan fingerprint density at radius 3 is 2.29 bits per heavy atom. The number of alkyl halides is 1. The third-order valence-corrected chi connectivity index (χ3v) is 4.00. The molecule has 0 atom stereocenters. The van der Waals surface area contributed by atoms with Gasteiger partial charge in [-0.05, 0) is 26.5 Å². The van der Waals surface area contributed by atoms with Crippen LogP contribution in [-0.4, -0.2) is 22.8 Å². The summed E-state index contributed by atoms with van der Waals surface area (Å²) in [5.41, 5.74) is 1.57. The average molecular weight is 256 g/mol. The van der Waals surface area contributed by atoms with Crippen molar-refractivity contribution in [3.05, 3.63) is 35.9 Å². The zero-order valence-corrected chi connectivity index (χ0v) is 10.7. The molecule has 0 aliphatic carbocycles. The Morgan fingerprint density at radius 1 is 1.21 bits per heavy atom. The van der Waals surface area contributed by atoms with E-state index in [9.17, 15) is 0 Å². The van der Waals surface area contributed by atoms with E-state index in [-0.39, 0.29) is 5.54 Å². The summed E-state index contributed by atoms with van der Waals surface area (Å²) in [6, 6.07) is 10.6. The van der Waals surface area contributed by atoms with Crippen molar-refractivity contribution in [1.82, 2.24) is 4.90 Å². The fraction of sp³-hybridized carbons (Fsp3) is 0.500. The first-order valence-corrected chi connectivity index (χ1v) is 5.99. The Morgan fingerprint density at radius 2 is 1.79 bits per heavy atom. The molecule has 14 heavy (non-hydrogen) atoms. The van der Waals surface area contributed by atoms with Gasteiger partial charge in [-0.1, -0.05) is 46.3 Å². The van der Waals surface area contributed by atoms with E-state index in [0.717, 1.165) is 11.9 Å². The highest BCUT2D eigenvalue weighted by molar-refractivity contribution is 9.09. The maximum absolute atomic E-state index is 3.54. The van der Waals surface area contributed by atoms with E-state index in [1.807, 2.05) is 0 Å². The molecular weight excluding hydrogens is 238 g/mol. The third-order valence-electron chi connectivity index (χ3n) is 2.62. The topological polar surface area (TPSA) is 3.24 Å². The van der Waals surface area contributed by atoms with Crippen LogP contribution in [0.5, 0.6) is 0 Å². The maximum Gasteiger partial charge on any atom is 0.0250 e. The Balaban J connectivity index is 2.62. The molecule has 0 bridgehead atoms. The van der Waals surface area contributed by atoms with Crippen molar-refractivity contribution in [3.63, 3.8) is 0 Å². The van der Waals surface area contributed by atoms with Gasteiger partial charge in [0.05, 0.1) is 0 Å². The van der Waals surface area contributed by atoms with Crippen molar-refractivity contribution < 1.29 is 0 Å². The van der Waals surface area contributed by atoms with Gasteiger partial charge in [-0.2, -0.15) is 0 Å². The largest absolute Gasteiger partial charge is 0.296 e.